The third-order valence-electron chi connectivity index (χ3n) is 6.90. The first kappa shape index (κ1) is 18.3. The maximum absolute atomic E-state index is 14.3. The van der Waals surface area contributed by atoms with Crippen LogP contribution in [0.25, 0.3) is 11.3 Å². The molecule has 2 atom stereocenters. The number of aryl methyl sites for hydroxylation is 1. The lowest BCUT2D eigenvalue weighted by Gasteiger charge is -2.34. The van der Waals surface area contributed by atoms with Gasteiger partial charge in [0.15, 0.2) is 0 Å². The van der Waals surface area contributed by atoms with Crippen LogP contribution in [0.1, 0.15) is 69.0 Å². The first-order chi connectivity index (χ1) is 13.9. The molecule has 2 bridgehead atoms. The van der Waals surface area contributed by atoms with Crippen molar-refractivity contribution in [3.63, 3.8) is 0 Å². The van der Waals surface area contributed by atoms with Crippen LogP contribution in [0.15, 0.2) is 28.7 Å². The molecule has 0 amide bonds. The molecule has 1 aromatic carbocycles. The van der Waals surface area contributed by atoms with Crippen LogP contribution in [0.3, 0.4) is 0 Å². The molecule has 5 rings (SSSR count). The van der Waals surface area contributed by atoms with E-state index in [1.54, 1.807) is 6.07 Å². The molecule has 150 valence electrons. The van der Waals surface area contributed by atoms with Gasteiger partial charge in [0.05, 0.1) is 22.4 Å². The van der Waals surface area contributed by atoms with Gasteiger partial charge in [-0.05, 0) is 54.4 Å². The number of hydrogen-bond donors (Lipinski definition) is 0. The molecule has 7 heteroatoms. The number of rotatable bonds is 4. The normalized spacial score (nSPS) is 24.1. The monoisotopic (exact) mass is 396 g/mol. The predicted octanol–water partition coefficient (Wildman–Crippen LogP) is 4.96. The fraction of sp³-hybridized carbons (Fsp3) is 0.455. The molecule has 0 aliphatic heterocycles. The Hall–Kier alpha value is -2.70. The van der Waals surface area contributed by atoms with E-state index >= 15 is 0 Å². The minimum Gasteiger partial charge on any atom is -0.424 e. The Bertz CT molecular complexity index is 1090. The van der Waals surface area contributed by atoms with E-state index in [1.807, 2.05) is 0 Å². The first-order valence-electron chi connectivity index (χ1n) is 10.1. The molecule has 0 N–H and O–H groups in total. The highest BCUT2D eigenvalue weighted by Gasteiger charge is 2.67. The van der Waals surface area contributed by atoms with Gasteiger partial charge in [0.2, 0.25) is 11.8 Å². The first-order valence-corrected chi connectivity index (χ1v) is 10.1. The smallest absolute Gasteiger partial charge is 0.229 e. The number of fused-ring (bicyclic) bond motifs is 5. The summed E-state index contributed by atoms with van der Waals surface area (Å²) in [5.74, 6) is 0.104. The van der Waals surface area contributed by atoms with Crippen molar-refractivity contribution in [2.24, 2.45) is 5.41 Å². The van der Waals surface area contributed by atoms with Gasteiger partial charge in [-0.15, -0.1) is 15.3 Å². The number of aromatic nitrogens is 4. The Morgan fingerprint density at radius 2 is 1.86 bits per heavy atom. The largest absolute Gasteiger partial charge is 0.424 e. The molecule has 29 heavy (non-hydrogen) atoms. The number of benzene rings is 1. The van der Waals surface area contributed by atoms with Gasteiger partial charge in [0, 0.05) is 6.42 Å². The molecular formula is C22H22F2N4O. The number of hydrogen-bond acceptors (Lipinski definition) is 5. The molecule has 0 saturated heterocycles. The second-order valence-electron chi connectivity index (χ2n) is 8.60. The van der Waals surface area contributed by atoms with Crippen LogP contribution in [0.2, 0.25) is 0 Å². The zero-order valence-electron chi connectivity index (χ0n) is 16.7. The average Bonchev–Trinajstić information content (AvgIpc) is 3.30. The Morgan fingerprint density at radius 3 is 2.59 bits per heavy atom. The molecule has 0 spiro atoms. The van der Waals surface area contributed by atoms with Gasteiger partial charge in [0.1, 0.15) is 11.6 Å². The zero-order chi connectivity index (χ0) is 20.4. The Balaban J connectivity index is 1.68. The van der Waals surface area contributed by atoms with Gasteiger partial charge in [0.25, 0.3) is 0 Å². The van der Waals surface area contributed by atoms with Crippen LogP contribution in [0, 0.1) is 17.0 Å². The van der Waals surface area contributed by atoms with Crippen LogP contribution in [-0.2, 0) is 11.8 Å². The highest BCUT2D eigenvalue weighted by Crippen LogP contribution is 2.69. The lowest BCUT2D eigenvalue weighted by molar-refractivity contribution is 0.203. The van der Waals surface area contributed by atoms with E-state index in [0.717, 1.165) is 36.9 Å². The van der Waals surface area contributed by atoms with Crippen LogP contribution >= 0.6 is 0 Å². The van der Waals surface area contributed by atoms with Crippen molar-refractivity contribution in [1.82, 2.24) is 20.4 Å². The van der Waals surface area contributed by atoms with Crippen molar-refractivity contribution in [2.45, 2.75) is 57.8 Å². The second-order valence-corrected chi connectivity index (χ2v) is 8.60. The van der Waals surface area contributed by atoms with E-state index in [0.29, 0.717) is 11.8 Å². The lowest BCUT2D eigenvalue weighted by Crippen LogP contribution is -2.37. The maximum Gasteiger partial charge on any atom is 0.229 e. The summed E-state index contributed by atoms with van der Waals surface area (Å²) in [6, 6.07) is 5.61. The number of nitrogens with zero attached hydrogens (tertiary/aromatic N) is 4. The van der Waals surface area contributed by atoms with Crippen LogP contribution < -0.4 is 0 Å². The molecule has 0 radical (unpaired) electrons. The van der Waals surface area contributed by atoms with Gasteiger partial charge < -0.3 is 4.42 Å². The van der Waals surface area contributed by atoms with Gasteiger partial charge in [-0.25, -0.2) is 8.78 Å². The minimum absolute atomic E-state index is 0.138. The lowest BCUT2D eigenvalue weighted by atomic mass is 9.68. The molecule has 3 aromatic rings. The third kappa shape index (κ3) is 2.30. The Morgan fingerprint density at radius 1 is 1.10 bits per heavy atom. The summed E-state index contributed by atoms with van der Waals surface area (Å²) in [4.78, 5) is 0. The van der Waals surface area contributed by atoms with Crippen molar-refractivity contribution < 1.29 is 13.2 Å². The fourth-order valence-corrected chi connectivity index (χ4v) is 5.40. The Labute approximate surface area is 167 Å². The second kappa shape index (κ2) is 6.15. The van der Waals surface area contributed by atoms with E-state index in [-0.39, 0.29) is 22.6 Å². The standard InChI is InChI=1S/C22H22F2N4O/c1-4-6-17-26-28-20(29-17)22-10-9-13(21(22,2)3)12-11-16(25-27-19(12)22)18-14(23)7-5-8-15(18)24/h5,7-8,11,13H,4,6,9-10H2,1-3H3/t13-,22+/m0/s1. The number of halogens is 2. The average molecular weight is 396 g/mol. The van der Waals surface area contributed by atoms with E-state index in [1.165, 1.54) is 18.2 Å². The maximum atomic E-state index is 14.3. The van der Waals surface area contributed by atoms with Gasteiger partial charge >= 0.3 is 0 Å². The summed E-state index contributed by atoms with van der Waals surface area (Å²) >= 11 is 0. The zero-order valence-corrected chi connectivity index (χ0v) is 16.7. The summed E-state index contributed by atoms with van der Waals surface area (Å²) in [6.07, 6.45) is 3.43. The van der Waals surface area contributed by atoms with Crippen molar-refractivity contribution in [2.75, 3.05) is 0 Å². The van der Waals surface area contributed by atoms with Crippen molar-refractivity contribution in [1.29, 1.82) is 0 Å². The van der Waals surface area contributed by atoms with Crippen molar-refractivity contribution in [3.05, 3.63) is 58.9 Å². The highest BCUT2D eigenvalue weighted by molar-refractivity contribution is 5.63. The summed E-state index contributed by atoms with van der Waals surface area (Å²) in [7, 11) is 0. The SMILES string of the molecule is CCCc1nnc([C@@]23CC[C@@H](c4cc(-c5c(F)cccc5F)nnc42)C3(C)C)o1. The van der Waals surface area contributed by atoms with E-state index < -0.39 is 17.0 Å². The van der Waals surface area contributed by atoms with Crippen molar-refractivity contribution in [3.8, 4) is 11.3 Å². The molecule has 5 nitrogen and oxygen atoms in total. The van der Waals surface area contributed by atoms with E-state index in [4.69, 9.17) is 4.42 Å². The molecule has 2 aliphatic carbocycles. The molecular weight excluding hydrogens is 374 g/mol. The summed E-state index contributed by atoms with van der Waals surface area (Å²) in [6.45, 7) is 6.43. The summed E-state index contributed by atoms with van der Waals surface area (Å²) < 4.78 is 34.7. The molecule has 2 aliphatic rings. The summed E-state index contributed by atoms with van der Waals surface area (Å²) in [5.41, 5.74) is 1.11. The highest BCUT2D eigenvalue weighted by atomic mass is 19.1. The fourth-order valence-electron chi connectivity index (χ4n) is 5.40. The van der Waals surface area contributed by atoms with Crippen molar-refractivity contribution >= 4 is 0 Å². The molecule has 2 aromatic heterocycles. The topological polar surface area (TPSA) is 64.7 Å². The van der Waals surface area contributed by atoms with E-state index in [9.17, 15) is 8.78 Å². The summed E-state index contributed by atoms with van der Waals surface area (Å²) in [5, 5.41) is 17.3. The third-order valence-corrected chi connectivity index (χ3v) is 6.90. The molecule has 1 saturated carbocycles. The van der Waals surface area contributed by atoms with Gasteiger partial charge in [-0.2, -0.15) is 5.10 Å². The quantitative estimate of drug-likeness (QED) is 0.624. The molecule has 0 unspecified atom stereocenters. The van der Waals surface area contributed by atoms with Gasteiger partial charge in [-0.1, -0.05) is 26.8 Å². The molecule has 2 heterocycles. The van der Waals surface area contributed by atoms with E-state index in [2.05, 4.69) is 41.2 Å². The molecule has 1 fully saturated rings. The minimum atomic E-state index is -0.641. The van der Waals surface area contributed by atoms with Gasteiger partial charge in [-0.3, -0.25) is 0 Å². The van der Waals surface area contributed by atoms with Crippen LogP contribution in [0.5, 0.6) is 0 Å². The van der Waals surface area contributed by atoms with Crippen LogP contribution in [0.4, 0.5) is 8.78 Å². The predicted molar refractivity (Wildman–Crippen MR) is 102 cm³/mol. The Kier molecular flexibility index (Phi) is 3.89. The van der Waals surface area contributed by atoms with Crippen LogP contribution in [-0.4, -0.2) is 20.4 Å².